The standard InChI is InChI=1S/C29H20IN3O6/c30-21-13-23(35)20-12-22-19(8-9-31-28(37)32(29(38)33(22)31)17-4-2-1-3-5-17)25(26(20)27(21)36)16-10-15-11-18(34)6-7-24(15)39-14-16/h1-8,11,13-14,22,25,34H,9-10,12H2. The maximum atomic E-state index is 13.8. The highest BCUT2D eigenvalue weighted by molar-refractivity contribution is 14.1. The van der Waals surface area contributed by atoms with Gasteiger partial charge in [-0.1, -0.05) is 24.3 Å². The summed E-state index contributed by atoms with van der Waals surface area (Å²) in [6.45, 7) is 0.138. The molecule has 2 atom stereocenters. The van der Waals surface area contributed by atoms with Crippen LogP contribution in [-0.2, 0) is 22.6 Å². The van der Waals surface area contributed by atoms with E-state index in [4.69, 9.17) is 4.74 Å². The van der Waals surface area contributed by atoms with E-state index >= 15 is 0 Å². The largest absolute Gasteiger partial charge is 0.508 e. The minimum absolute atomic E-state index is 0.0936. The van der Waals surface area contributed by atoms with E-state index in [-0.39, 0.29) is 30.3 Å². The van der Waals surface area contributed by atoms with Gasteiger partial charge in [-0.2, -0.15) is 0 Å². The number of ether oxygens (including phenoxy) is 1. The van der Waals surface area contributed by atoms with E-state index in [2.05, 4.69) is 0 Å². The number of carbonyl (C=O) groups is 2. The van der Waals surface area contributed by atoms with Crippen LogP contribution in [0.2, 0.25) is 0 Å². The highest BCUT2D eigenvalue weighted by atomic mass is 127. The van der Waals surface area contributed by atoms with Crippen molar-refractivity contribution in [2.45, 2.75) is 25.4 Å². The summed E-state index contributed by atoms with van der Waals surface area (Å²) < 4.78 is 10.2. The number of nitrogens with zero attached hydrogens (tertiary/aromatic N) is 3. The lowest BCUT2D eigenvalue weighted by atomic mass is 9.68. The van der Waals surface area contributed by atoms with Crippen molar-refractivity contribution >= 4 is 34.2 Å². The highest BCUT2D eigenvalue weighted by Gasteiger charge is 2.46. The van der Waals surface area contributed by atoms with Gasteiger partial charge in [0.05, 0.1) is 28.1 Å². The Bertz CT molecular complexity index is 1870. The number of phenolic OH excluding ortho intramolecular Hbond substituents is 1. The van der Waals surface area contributed by atoms with Gasteiger partial charge in [-0.3, -0.25) is 9.59 Å². The van der Waals surface area contributed by atoms with Crippen LogP contribution in [0.25, 0.3) is 5.69 Å². The molecule has 4 aliphatic rings. The molecule has 0 saturated carbocycles. The number of hydrogen-bond acceptors (Lipinski definition) is 6. The van der Waals surface area contributed by atoms with Crippen LogP contribution >= 0.6 is 22.6 Å². The first kappa shape index (κ1) is 23.9. The van der Waals surface area contributed by atoms with Crippen molar-refractivity contribution in [2.24, 2.45) is 5.92 Å². The van der Waals surface area contributed by atoms with Gasteiger partial charge in [0.15, 0.2) is 11.6 Å². The molecule has 1 N–H and O–H groups in total. The topological polar surface area (TPSA) is 113 Å². The molecule has 0 amide bonds. The second-order valence-corrected chi connectivity index (χ2v) is 11.0. The summed E-state index contributed by atoms with van der Waals surface area (Å²) in [5.74, 6) is -0.435. The minimum Gasteiger partial charge on any atom is -0.508 e. The summed E-state index contributed by atoms with van der Waals surface area (Å²) in [4.78, 5) is 53.9. The predicted octanol–water partition coefficient (Wildman–Crippen LogP) is 3.29. The van der Waals surface area contributed by atoms with Crippen molar-refractivity contribution < 1.29 is 19.4 Å². The number of hydrogen-bond donors (Lipinski definition) is 1. The highest BCUT2D eigenvalue weighted by Crippen LogP contribution is 2.50. The minimum atomic E-state index is -0.639. The zero-order valence-electron chi connectivity index (χ0n) is 20.3. The first-order chi connectivity index (χ1) is 18.8. The van der Waals surface area contributed by atoms with Crippen LogP contribution in [0.15, 0.2) is 102 Å². The van der Waals surface area contributed by atoms with Crippen molar-refractivity contribution in [1.29, 1.82) is 0 Å². The molecular weight excluding hydrogens is 613 g/mol. The number of aromatic hydroxyl groups is 1. The van der Waals surface area contributed by atoms with Crippen LogP contribution in [0.3, 0.4) is 0 Å². The Morgan fingerprint density at radius 1 is 1.00 bits per heavy atom. The molecule has 3 aromatic rings. The van der Waals surface area contributed by atoms with E-state index in [1.807, 2.05) is 28.7 Å². The molecule has 10 heteroatoms. The molecule has 0 fully saturated rings. The molecule has 3 heterocycles. The summed E-state index contributed by atoms with van der Waals surface area (Å²) in [6.07, 6.45) is 5.31. The van der Waals surface area contributed by atoms with Crippen LogP contribution in [-0.4, -0.2) is 30.6 Å². The number of aromatic nitrogens is 3. The number of ketones is 2. The molecule has 2 aliphatic carbocycles. The molecule has 194 valence electrons. The fourth-order valence-corrected chi connectivity index (χ4v) is 6.65. The maximum Gasteiger partial charge on any atom is 0.352 e. The monoisotopic (exact) mass is 633 g/mol. The SMILES string of the molecule is O=C1C=C(I)C(=O)C2=C1CC1C(=CCn3c(=O)n(-c4ccccc4)c(=O)n31)C2C1=COc2ccc(O)cc2C1. The molecule has 9 nitrogen and oxygen atoms in total. The molecule has 0 bridgehead atoms. The molecular formula is C29H20IN3O6. The number of carbonyl (C=O) groups excluding carboxylic acids is 2. The van der Waals surface area contributed by atoms with Crippen LogP contribution < -0.4 is 16.1 Å². The Morgan fingerprint density at radius 3 is 2.59 bits per heavy atom. The zero-order chi connectivity index (χ0) is 27.0. The van der Waals surface area contributed by atoms with Crippen molar-refractivity contribution in [3.63, 3.8) is 0 Å². The number of rotatable bonds is 2. The quantitative estimate of drug-likeness (QED) is 0.264. The lowest BCUT2D eigenvalue weighted by Gasteiger charge is -2.40. The summed E-state index contributed by atoms with van der Waals surface area (Å²) in [5.41, 5.74) is 2.46. The fraction of sp³-hybridized carbons (Fsp3) is 0.172. The average Bonchev–Trinajstić information content (AvgIpc) is 3.20. The second-order valence-electron chi connectivity index (χ2n) is 9.88. The lowest BCUT2D eigenvalue weighted by molar-refractivity contribution is -0.116. The Morgan fingerprint density at radius 2 is 1.79 bits per heavy atom. The number of para-hydroxylation sites is 1. The van der Waals surface area contributed by atoms with Crippen molar-refractivity contribution in [3.05, 3.63) is 119 Å². The van der Waals surface area contributed by atoms with Gasteiger partial charge in [0.25, 0.3) is 0 Å². The van der Waals surface area contributed by atoms with Crippen LogP contribution in [0.1, 0.15) is 18.0 Å². The fourth-order valence-electron chi connectivity index (χ4n) is 6.08. The van der Waals surface area contributed by atoms with E-state index in [1.54, 1.807) is 48.7 Å². The van der Waals surface area contributed by atoms with Crippen molar-refractivity contribution in [1.82, 2.24) is 13.9 Å². The number of phenols is 1. The van der Waals surface area contributed by atoms with E-state index in [0.717, 1.165) is 21.3 Å². The second kappa shape index (κ2) is 8.67. The third kappa shape index (κ3) is 3.50. The molecule has 0 spiro atoms. The smallest absolute Gasteiger partial charge is 0.352 e. The molecule has 2 aliphatic heterocycles. The van der Waals surface area contributed by atoms with Crippen LogP contribution in [0.5, 0.6) is 11.5 Å². The number of allylic oxidation sites excluding steroid dienone is 7. The van der Waals surface area contributed by atoms with Gasteiger partial charge in [0.2, 0.25) is 0 Å². The summed E-state index contributed by atoms with van der Waals surface area (Å²) >= 11 is 1.89. The lowest BCUT2D eigenvalue weighted by Crippen LogP contribution is -2.42. The third-order valence-electron chi connectivity index (χ3n) is 7.76. The van der Waals surface area contributed by atoms with Gasteiger partial charge < -0.3 is 9.84 Å². The Hall–Kier alpha value is -4.19. The van der Waals surface area contributed by atoms with Gasteiger partial charge in [0.1, 0.15) is 11.5 Å². The van der Waals surface area contributed by atoms with Crippen LogP contribution in [0, 0.1) is 5.92 Å². The molecule has 2 aromatic carbocycles. The van der Waals surface area contributed by atoms with Gasteiger partial charge in [0, 0.05) is 41.5 Å². The zero-order valence-corrected chi connectivity index (χ0v) is 22.5. The third-order valence-corrected chi connectivity index (χ3v) is 8.56. The molecule has 39 heavy (non-hydrogen) atoms. The van der Waals surface area contributed by atoms with E-state index < -0.39 is 23.3 Å². The molecule has 0 radical (unpaired) electrons. The first-order valence-electron chi connectivity index (χ1n) is 12.4. The maximum absolute atomic E-state index is 13.8. The predicted molar refractivity (Wildman–Crippen MR) is 149 cm³/mol. The average molecular weight is 633 g/mol. The Labute approximate surface area is 234 Å². The van der Waals surface area contributed by atoms with Crippen molar-refractivity contribution in [3.8, 4) is 17.2 Å². The Balaban J connectivity index is 1.41. The van der Waals surface area contributed by atoms with E-state index in [9.17, 15) is 24.3 Å². The van der Waals surface area contributed by atoms with Gasteiger partial charge >= 0.3 is 11.4 Å². The summed E-state index contributed by atoms with van der Waals surface area (Å²) in [7, 11) is 0. The number of Topliss-reactive ketones (excluding diaryl/α,β-unsaturated/α-hetero) is 1. The molecule has 1 aromatic heterocycles. The molecule has 7 rings (SSSR count). The van der Waals surface area contributed by atoms with Gasteiger partial charge in [-0.25, -0.2) is 23.5 Å². The van der Waals surface area contributed by atoms with E-state index in [1.165, 1.54) is 21.5 Å². The number of halogens is 1. The Kier molecular flexibility index (Phi) is 5.31. The normalized spacial score (nSPS) is 21.6. The van der Waals surface area contributed by atoms with Crippen LogP contribution in [0.4, 0.5) is 0 Å². The van der Waals surface area contributed by atoms with Gasteiger partial charge in [-0.05, 0) is 64.1 Å². The molecule has 2 unspecified atom stereocenters. The number of fused-ring (bicyclic) bond motifs is 4. The van der Waals surface area contributed by atoms with Crippen molar-refractivity contribution in [2.75, 3.05) is 0 Å². The first-order valence-corrected chi connectivity index (χ1v) is 13.5. The summed E-state index contributed by atoms with van der Waals surface area (Å²) in [6, 6.07) is 12.9. The number of benzene rings is 2. The molecule has 0 saturated heterocycles. The van der Waals surface area contributed by atoms with Gasteiger partial charge in [-0.15, -0.1) is 0 Å². The van der Waals surface area contributed by atoms with E-state index in [0.29, 0.717) is 32.6 Å². The summed E-state index contributed by atoms with van der Waals surface area (Å²) in [5, 5.41) is 10.1.